The predicted octanol–water partition coefficient (Wildman–Crippen LogP) is 2.02. The van der Waals surface area contributed by atoms with Gasteiger partial charge in [-0.15, -0.1) is 0 Å². The average Bonchev–Trinajstić information content (AvgIpc) is 2.56. The first-order valence-corrected chi connectivity index (χ1v) is 8.00. The van der Waals surface area contributed by atoms with Crippen LogP contribution in [-0.4, -0.2) is 47.9 Å². The van der Waals surface area contributed by atoms with Crippen LogP contribution in [0.2, 0.25) is 0 Å². The van der Waals surface area contributed by atoms with Crippen molar-refractivity contribution in [1.82, 2.24) is 9.80 Å². The lowest BCUT2D eigenvalue weighted by Crippen LogP contribution is -2.48. The quantitative estimate of drug-likeness (QED) is 0.902. The fourth-order valence-electron chi connectivity index (χ4n) is 3.19. The highest BCUT2D eigenvalue weighted by molar-refractivity contribution is 5.83. The summed E-state index contributed by atoms with van der Waals surface area (Å²) in [5.74, 6) is 0.0548. The Bertz CT molecular complexity index is 437. The van der Waals surface area contributed by atoms with Crippen molar-refractivity contribution < 1.29 is 4.79 Å². The number of hydrogen-bond acceptors (Lipinski definition) is 3. The summed E-state index contributed by atoms with van der Waals surface area (Å²) in [5.41, 5.74) is 7.01. The van der Waals surface area contributed by atoms with Crippen LogP contribution in [0.3, 0.4) is 0 Å². The summed E-state index contributed by atoms with van der Waals surface area (Å²) in [5, 5.41) is 0. The van der Waals surface area contributed by atoms with Crippen molar-refractivity contribution in [1.29, 1.82) is 0 Å². The molecular weight excluding hydrogens is 262 g/mol. The summed E-state index contributed by atoms with van der Waals surface area (Å²) in [6.07, 6.45) is 2.10. The largest absolute Gasteiger partial charge is 0.341 e. The molecule has 116 valence electrons. The number of carbonyl (C=O) groups is 1. The molecule has 0 aliphatic carbocycles. The van der Waals surface area contributed by atoms with E-state index >= 15 is 0 Å². The average molecular weight is 289 g/mol. The zero-order chi connectivity index (χ0) is 15.2. The first-order chi connectivity index (χ1) is 10.2. The lowest BCUT2D eigenvalue weighted by Gasteiger charge is -2.38. The highest BCUT2D eigenvalue weighted by atomic mass is 16.2. The van der Waals surface area contributed by atoms with Gasteiger partial charge in [0.1, 0.15) is 6.04 Å². The molecule has 1 amide bonds. The number of likely N-dealkylation sites (tertiary alicyclic amines) is 1. The Balaban J connectivity index is 1.91. The number of amides is 1. The van der Waals surface area contributed by atoms with Gasteiger partial charge in [-0.3, -0.25) is 4.79 Å². The molecule has 1 atom stereocenters. The van der Waals surface area contributed by atoms with E-state index in [2.05, 4.69) is 18.7 Å². The van der Waals surface area contributed by atoms with Gasteiger partial charge in [0.2, 0.25) is 5.91 Å². The number of piperidine rings is 1. The van der Waals surface area contributed by atoms with E-state index in [0.29, 0.717) is 6.04 Å². The number of carbonyl (C=O) groups excluding carboxylic acids is 1. The van der Waals surface area contributed by atoms with Crippen LogP contribution in [-0.2, 0) is 4.79 Å². The monoisotopic (exact) mass is 289 g/mol. The van der Waals surface area contributed by atoms with Crippen LogP contribution < -0.4 is 5.73 Å². The van der Waals surface area contributed by atoms with Crippen LogP contribution in [0.5, 0.6) is 0 Å². The van der Waals surface area contributed by atoms with Crippen molar-refractivity contribution in [3.63, 3.8) is 0 Å². The highest BCUT2D eigenvalue weighted by Gasteiger charge is 2.28. The van der Waals surface area contributed by atoms with Gasteiger partial charge in [0, 0.05) is 19.1 Å². The molecule has 1 fully saturated rings. The lowest BCUT2D eigenvalue weighted by atomic mass is 10.0. The Morgan fingerprint density at radius 3 is 2.33 bits per heavy atom. The molecular formula is C17H27N3O. The molecule has 1 aromatic carbocycles. The van der Waals surface area contributed by atoms with Gasteiger partial charge in [0.05, 0.1) is 0 Å². The van der Waals surface area contributed by atoms with Crippen molar-refractivity contribution >= 4 is 5.91 Å². The van der Waals surface area contributed by atoms with Gasteiger partial charge in [-0.2, -0.15) is 0 Å². The molecule has 0 aromatic heterocycles. The second-order valence-electron chi connectivity index (χ2n) is 5.67. The van der Waals surface area contributed by atoms with Gasteiger partial charge >= 0.3 is 0 Å². The minimum Gasteiger partial charge on any atom is -0.341 e. The minimum atomic E-state index is -0.531. The third kappa shape index (κ3) is 3.83. The van der Waals surface area contributed by atoms with Crippen molar-refractivity contribution in [2.24, 2.45) is 5.73 Å². The first-order valence-electron chi connectivity index (χ1n) is 8.00. The van der Waals surface area contributed by atoms with Crippen LogP contribution in [0, 0.1) is 0 Å². The summed E-state index contributed by atoms with van der Waals surface area (Å²) in [7, 11) is 0. The van der Waals surface area contributed by atoms with Crippen LogP contribution in [0.15, 0.2) is 30.3 Å². The van der Waals surface area contributed by atoms with Crippen molar-refractivity contribution in [3.05, 3.63) is 35.9 Å². The third-order valence-corrected chi connectivity index (χ3v) is 4.53. The van der Waals surface area contributed by atoms with Crippen LogP contribution in [0.1, 0.15) is 38.3 Å². The SMILES string of the molecule is CCN(CC)C1CCN(C(=O)[C@@H](N)c2ccccc2)CC1. The molecule has 0 saturated carbocycles. The van der Waals surface area contributed by atoms with Crippen molar-refractivity contribution in [2.45, 2.75) is 38.8 Å². The molecule has 0 unspecified atom stereocenters. The molecule has 1 aliphatic heterocycles. The maximum absolute atomic E-state index is 12.5. The molecule has 1 aliphatic rings. The van der Waals surface area contributed by atoms with Crippen LogP contribution in [0.25, 0.3) is 0 Å². The summed E-state index contributed by atoms with van der Waals surface area (Å²) in [4.78, 5) is 16.9. The summed E-state index contributed by atoms with van der Waals surface area (Å²) >= 11 is 0. The Morgan fingerprint density at radius 1 is 1.24 bits per heavy atom. The topological polar surface area (TPSA) is 49.6 Å². The Labute approximate surface area is 127 Å². The molecule has 0 bridgehead atoms. The smallest absolute Gasteiger partial charge is 0.244 e. The van der Waals surface area contributed by atoms with E-state index in [1.807, 2.05) is 35.2 Å². The lowest BCUT2D eigenvalue weighted by molar-refractivity contribution is -0.134. The van der Waals surface area contributed by atoms with E-state index in [4.69, 9.17) is 5.73 Å². The van der Waals surface area contributed by atoms with Crippen LogP contribution in [0.4, 0.5) is 0 Å². The standard InChI is InChI=1S/C17H27N3O/c1-3-19(4-2)15-10-12-20(13-11-15)17(21)16(18)14-8-6-5-7-9-14/h5-9,15-16H,3-4,10-13,18H2,1-2H3/t16-/m0/s1. The second-order valence-corrected chi connectivity index (χ2v) is 5.67. The first kappa shape index (κ1) is 16.0. The van der Waals surface area contributed by atoms with Crippen molar-refractivity contribution in [3.8, 4) is 0 Å². The van der Waals surface area contributed by atoms with E-state index < -0.39 is 6.04 Å². The number of hydrogen-bond donors (Lipinski definition) is 1. The highest BCUT2D eigenvalue weighted by Crippen LogP contribution is 2.20. The fraction of sp³-hybridized carbons (Fsp3) is 0.588. The summed E-state index contributed by atoms with van der Waals surface area (Å²) in [6, 6.07) is 9.71. The molecule has 1 heterocycles. The zero-order valence-electron chi connectivity index (χ0n) is 13.2. The predicted molar refractivity (Wildman–Crippen MR) is 85.9 cm³/mol. The van der Waals surface area contributed by atoms with E-state index in [9.17, 15) is 4.79 Å². The van der Waals surface area contributed by atoms with E-state index in [1.165, 1.54) is 0 Å². The Hall–Kier alpha value is -1.39. The molecule has 0 spiro atoms. The number of nitrogens with zero attached hydrogens (tertiary/aromatic N) is 2. The zero-order valence-corrected chi connectivity index (χ0v) is 13.2. The van der Waals surface area contributed by atoms with Crippen LogP contribution >= 0.6 is 0 Å². The second kappa shape index (κ2) is 7.57. The maximum Gasteiger partial charge on any atom is 0.244 e. The molecule has 1 saturated heterocycles. The Morgan fingerprint density at radius 2 is 1.81 bits per heavy atom. The van der Waals surface area contributed by atoms with Gasteiger partial charge < -0.3 is 15.5 Å². The normalized spacial score (nSPS) is 18.0. The molecule has 4 heteroatoms. The number of rotatable bonds is 5. The number of benzene rings is 1. The summed E-state index contributed by atoms with van der Waals surface area (Å²) in [6.45, 7) is 8.21. The maximum atomic E-state index is 12.5. The molecule has 1 aromatic rings. The van der Waals surface area contributed by atoms with Crippen molar-refractivity contribution in [2.75, 3.05) is 26.2 Å². The van der Waals surface area contributed by atoms with Gasteiger partial charge in [-0.05, 0) is 31.5 Å². The molecule has 2 rings (SSSR count). The molecule has 2 N–H and O–H groups in total. The molecule has 0 radical (unpaired) electrons. The van der Waals surface area contributed by atoms with E-state index in [1.54, 1.807) is 0 Å². The van der Waals surface area contributed by atoms with E-state index in [-0.39, 0.29) is 5.91 Å². The van der Waals surface area contributed by atoms with Gasteiger partial charge in [-0.1, -0.05) is 44.2 Å². The van der Waals surface area contributed by atoms with E-state index in [0.717, 1.165) is 44.6 Å². The minimum absolute atomic E-state index is 0.0548. The molecule has 21 heavy (non-hydrogen) atoms. The number of nitrogens with two attached hydrogens (primary N) is 1. The fourth-order valence-corrected chi connectivity index (χ4v) is 3.19. The molecule has 4 nitrogen and oxygen atoms in total. The van der Waals surface area contributed by atoms with Gasteiger partial charge in [0.15, 0.2) is 0 Å². The Kier molecular flexibility index (Phi) is 5.76. The third-order valence-electron chi connectivity index (χ3n) is 4.53. The summed E-state index contributed by atoms with van der Waals surface area (Å²) < 4.78 is 0. The van der Waals surface area contributed by atoms with Gasteiger partial charge in [-0.25, -0.2) is 0 Å². The van der Waals surface area contributed by atoms with Gasteiger partial charge in [0.25, 0.3) is 0 Å².